The van der Waals surface area contributed by atoms with E-state index < -0.39 is 0 Å². The first-order valence-corrected chi connectivity index (χ1v) is 5.56. The first kappa shape index (κ1) is 11.6. The van der Waals surface area contributed by atoms with Gasteiger partial charge in [0.15, 0.2) is 0 Å². The minimum Gasteiger partial charge on any atom is -0.377 e. The lowest BCUT2D eigenvalue weighted by Crippen LogP contribution is -2.20. The number of nitrogens with two attached hydrogens (primary N) is 1. The molecule has 2 aromatic carbocycles. The number of benzene rings is 2. The summed E-state index contributed by atoms with van der Waals surface area (Å²) in [4.78, 5) is 0. The van der Waals surface area contributed by atoms with Gasteiger partial charge in [-0.05, 0) is 23.8 Å². The van der Waals surface area contributed by atoms with E-state index in [1.54, 1.807) is 6.07 Å². The van der Waals surface area contributed by atoms with Crippen LogP contribution in [0.5, 0.6) is 0 Å². The number of rotatable bonds is 4. The van der Waals surface area contributed by atoms with Crippen molar-refractivity contribution in [3.63, 3.8) is 0 Å². The summed E-state index contributed by atoms with van der Waals surface area (Å²) in [6, 6.07) is 16.3. The Morgan fingerprint density at radius 1 is 1.06 bits per heavy atom. The van der Waals surface area contributed by atoms with E-state index in [-0.39, 0.29) is 11.9 Å². The van der Waals surface area contributed by atoms with Crippen molar-refractivity contribution in [2.45, 2.75) is 6.04 Å². The summed E-state index contributed by atoms with van der Waals surface area (Å²) in [7, 11) is 0. The molecule has 1 unspecified atom stereocenters. The van der Waals surface area contributed by atoms with E-state index in [4.69, 9.17) is 5.73 Å². The van der Waals surface area contributed by atoms with Crippen molar-refractivity contribution in [3.8, 4) is 0 Å². The summed E-state index contributed by atoms with van der Waals surface area (Å²) < 4.78 is 13.1. The van der Waals surface area contributed by atoms with E-state index >= 15 is 0 Å². The molecule has 0 aliphatic heterocycles. The molecular formula is C14H15FN2. The molecule has 0 saturated carbocycles. The number of hydrogen-bond donors (Lipinski definition) is 2. The van der Waals surface area contributed by atoms with Crippen LogP contribution < -0.4 is 11.1 Å². The normalized spacial score (nSPS) is 12.1. The van der Waals surface area contributed by atoms with Gasteiger partial charge in [0.25, 0.3) is 0 Å². The van der Waals surface area contributed by atoms with E-state index in [9.17, 15) is 4.39 Å². The van der Waals surface area contributed by atoms with Gasteiger partial charge in [-0.3, -0.25) is 0 Å². The SMILES string of the molecule is NCC(Nc1cccc(F)c1)c1ccccc1. The van der Waals surface area contributed by atoms with Gasteiger partial charge in [0.05, 0.1) is 6.04 Å². The number of anilines is 1. The van der Waals surface area contributed by atoms with Gasteiger partial charge >= 0.3 is 0 Å². The molecule has 2 rings (SSSR count). The molecule has 0 fully saturated rings. The van der Waals surface area contributed by atoms with Gasteiger partial charge in [-0.2, -0.15) is 0 Å². The summed E-state index contributed by atoms with van der Waals surface area (Å²) in [6.45, 7) is 0.459. The largest absolute Gasteiger partial charge is 0.377 e. The quantitative estimate of drug-likeness (QED) is 0.847. The maximum atomic E-state index is 13.1. The lowest BCUT2D eigenvalue weighted by Gasteiger charge is -2.18. The van der Waals surface area contributed by atoms with E-state index in [0.717, 1.165) is 11.3 Å². The highest BCUT2D eigenvalue weighted by Crippen LogP contribution is 2.19. The molecule has 0 spiro atoms. The smallest absolute Gasteiger partial charge is 0.125 e. The molecule has 2 nitrogen and oxygen atoms in total. The van der Waals surface area contributed by atoms with Crippen molar-refractivity contribution in [1.29, 1.82) is 0 Å². The Morgan fingerprint density at radius 2 is 1.82 bits per heavy atom. The summed E-state index contributed by atoms with van der Waals surface area (Å²) in [5, 5.41) is 3.22. The molecule has 0 heterocycles. The molecule has 0 bridgehead atoms. The van der Waals surface area contributed by atoms with Crippen LogP contribution in [-0.4, -0.2) is 6.54 Å². The average Bonchev–Trinajstić information content (AvgIpc) is 2.37. The van der Waals surface area contributed by atoms with Gasteiger partial charge in [0.2, 0.25) is 0 Å². The van der Waals surface area contributed by atoms with E-state index in [1.807, 2.05) is 36.4 Å². The fourth-order valence-electron chi connectivity index (χ4n) is 1.74. The van der Waals surface area contributed by atoms with E-state index in [0.29, 0.717) is 6.54 Å². The van der Waals surface area contributed by atoms with Gasteiger partial charge in [0, 0.05) is 12.2 Å². The van der Waals surface area contributed by atoms with Crippen molar-refractivity contribution in [3.05, 3.63) is 66.0 Å². The molecule has 0 radical (unpaired) electrons. The van der Waals surface area contributed by atoms with E-state index in [1.165, 1.54) is 12.1 Å². The highest BCUT2D eigenvalue weighted by Gasteiger charge is 2.08. The van der Waals surface area contributed by atoms with Gasteiger partial charge in [0.1, 0.15) is 5.82 Å². The summed E-state index contributed by atoms with van der Waals surface area (Å²) in [5.74, 6) is -0.251. The number of halogens is 1. The monoisotopic (exact) mass is 230 g/mol. The molecule has 3 N–H and O–H groups in total. The Labute approximate surface area is 100 Å². The first-order chi connectivity index (χ1) is 8.29. The number of hydrogen-bond acceptors (Lipinski definition) is 2. The molecule has 0 saturated heterocycles. The van der Waals surface area contributed by atoms with Crippen LogP contribution in [0.15, 0.2) is 54.6 Å². The van der Waals surface area contributed by atoms with Crippen LogP contribution in [0.1, 0.15) is 11.6 Å². The molecule has 2 aromatic rings. The standard InChI is InChI=1S/C14H15FN2/c15-12-7-4-8-13(9-12)17-14(10-16)11-5-2-1-3-6-11/h1-9,14,17H,10,16H2. The summed E-state index contributed by atoms with van der Waals surface area (Å²) in [5.41, 5.74) is 7.57. The Bertz CT molecular complexity index is 471. The topological polar surface area (TPSA) is 38.0 Å². The van der Waals surface area contributed by atoms with Crippen LogP contribution in [0.25, 0.3) is 0 Å². The fourth-order valence-corrected chi connectivity index (χ4v) is 1.74. The van der Waals surface area contributed by atoms with Gasteiger partial charge in [-0.25, -0.2) is 4.39 Å². The van der Waals surface area contributed by atoms with Crippen LogP contribution in [0.4, 0.5) is 10.1 Å². The fraction of sp³-hybridized carbons (Fsp3) is 0.143. The van der Waals surface area contributed by atoms with Crippen LogP contribution in [0, 0.1) is 5.82 Å². The molecule has 0 aliphatic rings. The van der Waals surface area contributed by atoms with Crippen molar-refractivity contribution >= 4 is 5.69 Å². The minimum absolute atomic E-state index is 0.00185. The highest BCUT2D eigenvalue weighted by molar-refractivity contribution is 5.45. The lowest BCUT2D eigenvalue weighted by molar-refractivity contribution is 0.627. The van der Waals surface area contributed by atoms with Gasteiger partial charge in [-0.1, -0.05) is 36.4 Å². The molecule has 0 aromatic heterocycles. The van der Waals surface area contributed by atoms with Crippen molar-refractivity contribution < 1.29 is 4.39 Å². The highest BCUT2D eigenvalue weighted by atomic mass is 19.1. The van der Waals surface area contributed by atoms with Crippen molar-refractivity contribution in [2.24, 2.45) is 5.73 Å². The Morgan fingerprint density at radius 3 is 2.47 bits per heavy atom. The molecular weight excluding hydrogens is 215 g/mol. The first-order valence-electron chi connectivity index (χ1n) is 5.56. The summed E-state index contributed by atoms with van der Waals surface area (Å²) in [6.07, 6.45) is 0. The van der Waals surface area contributed by atoms with Crippen LogP contribution in [-0.2, 0) is 0 Å². The minimum atomic E-state index is -0.251. The van der Waals surface area contributed by atoms with Crippen LogP contribution >= 0.6 is 0 Å². The second-order valence-electron chi connectivity index (χ2n) is 3.85. The third-order valence-corrected chi connectivity index (χ3v) is 2.60. The van der Waals surface area contributed by atoms with E-state index in [2.05, 4.69) is 5.32 Å². The molecule has 3 heteroatoms. The number of nitrogens with one attached hydrogen (secondary N) is 1. The third-order valence-electron chi connectivity index (χ3n) is 2.60. The lowest BCUT2D eigenvalue weighted by atomic mass is 10.1. The zero-order valence-corrected chi connectivity index (χ0v) is 9.44. The molecule has 88 valence electrons. The van der Waals surface area contributed by atoms with Gasteiger partial charge in [-0.15, -0.1) is 0 Å². The van der Waals surface area contributed by atoms with Gasteiger partial charge < -0.3 is 11.1 Å². The Balaban J connectivity index is 2.16. The maximum absolute atomic E-state index is 13.1. The molecule has 1 atom stereocenters. The maximum Gasteiger partial charge on any atom is 0.125 e. The zero-order valence-electron chi connectivity index (χ0n) is 9.44. The zero-order chi connectivity index (χ0) is 12.1. The molecule has 0 aliphatic carbocycles. The third kappa shape index (κ3) is 3.04. The Hall–Kier alpha value is -1.87. The Kier molecular flexibility index (Phi) is 3.73. The van der Waals surface area contributed by atoms with Crippen LogP contribution in [0.3, 0.4) is 0 Å². The second-order valence-corrected chi connectivity index (χ2v) is 3.85. The average molecular weight is 230 g/mol. The predicted molar refractivity (Wildman–Crippen MR) is 68.3 cm³/mol. The van der Waals surface area contributed by atoms with Crippen LogP contribution in [0.2, 0.25) is 0 Å². The van der Waals surface area contributed by atoms with Crippen molar-refractivity contribution in [2.75, 3.05) is 11.9 Å². The molecule has 17 heavy (non-hydrogen) atoms. The second kappa shape index (κ2) is 5.46. The van der Waals surface area contributed by atoms with Crippen molar-refractivity contribution in [1.82, 2.24) is 0 Å². The summed E-state index contributed by atoms with van der Waals surface area (Å²) >= 11 is 0. The molecule has 0 amide bonds. The predicted octanol–water partition coefficient (Wildman–Crippen LogP) is 2.94.